The van der Waals surface area contributed by atoms with Crippen molar-refractivity contribution in [2.75, 3.05) is 0 Å². The molecule has 0 aromatic heterocycles. The molecule has 3 saturated carbocycles. The highest BCUT2D eigenvalue weighted by atomic mass is 16.3. The first kappa shape index (κ1) is 14.0. The van der Waals surface area contributed by atoms with Gasteiger partial charge in [-0.2, -0.15) is 0 Å². The van der Waals surface area contributed by atoms with Crippen molar-refractivity contribution in [2.24, 2.45) is 28.6 Å². The van der Waals surface area contributed by atoms with Gasteiger partial charge in [0.05, 0.1) is 5.41 Å². The maximum absolute atomic E-state index is 12.8. The fourth-order valence-electron chi connectivity index (χ4n) is 6.58. The van der Waals surface area contributed by atoms with E-state index in [2.05, 4.69) is 19.9 Å². The van der Waals surface area contributed by atoms with E-state index < -0.39 is 6.10 Å². The lowest BCUT2D eigenvalue weighted by molar-refractivity contribution is -0.145. The minimum atomic E-state index is -0.755. The van der Waals surface area contributed by atoms with E-state index in [1.807, 2.05) is 0 Å². The zero-order valence-corrected chi connectivity index (χ0v) is 13.4. The molecule has 0 saturated heterocycles. The Morgan fingerprint density at radius 1 is 1.14 bits per heavy atom. The zero-order chi connectivity index (χ0) is 14.8. The van der Waals surface area contributed by atoms with Crippen LogP contribution in [0.1, 0.15) is 65.2 Å². The number of allylic oxidation sites excluding steroid dienone is 1. The molecule has 2 nitrogen and oxygen atoms in total. The van der Waals surface area contributed by atoms with Crippen LogP contribution < -0.4 is 0 Å². The van der Waals surface area contributed by atoms with Gasteiger partial charge in [0.15, 0.2) is 5.78 Å². The molecule has 116 valence electrons. The van der Waals surface area contributed by atoms with Crippen molar-refractivity contribution in [3.63, 3.8) is 0 Å². The van der Waals surface area contributed by atoms with Gasteiger partial charge in [-0.15, -0.1) is 0 Å². The number of carbonyl (C=O) groups excluding carboxylic acids is 1. The lowest BCUT2D eigenvalue weighted by Crippen LogP contribution is -2.54. The van der Waals surface area contributed by atoms with Gasteiger partial charge in [-0.05, 0) is 75.0 Å². The number of hydrogen-bond acceptors (Lipinski definition) is 2. The number of hydrogen-bond donors (Lipinski definition) is 1. The molecule has 6 atom stereocenters. The largest absolute Gasteiger partial charge is 0.385 e. The highest BCUT2D eigenvalue weighted by Crippen LogP contribution is 2.64. The maximum atomic E-state index is 12.8. The SMILES string of the molecule is C[C@@]12CCC[C@H]1[C@@H]1CCC3=CCC(O)C(=O)[C@]3(C)[C@@H]1CC2. The first-order valence-corrected chi connectivity index (χ1v) is 8.89. The average Bonchev–Trinajstić information content (AvgIpc) is 2.86. The molecule has 0 aromatic rings. The van der Waals surface area contributed by atoms with Gasteiger partial charge in [0.1, 0.15) is 6.10 Å². The number of rotatable bonds is 0. The molecule has 0 bridgehead atoms. The fraction of sp³-hybridized carbons (Fsp3) is 0.842. The molecule has 4 aliphatic rings. The number of ketones is 1. The topological polar surface area (TPSA) is 37.3 Å². The minimum absolute atomic E-state index is 0.122. The summed E-state index contributed by atoms with van der Waals surface area (Å²) < 4.78 is 0. The predicted octanol–water partition coefficient (Wildman–Crippen LogP) is 3.88. The van der Waals surface area contributed by atoms with Crippen LogP contribution in [0.15, 0.2) is 11.6 Å². The molecule has 1 N–H and O–H groups in total. The Bertz CT molecular complexity index is 508. The summed E-state index contributed by atoms with van der Waals surface area (Å²) in [5, 5.41) is 10.1. The molecule has 4 rings (SSSR count). The molecule has 4 aliphatic carbocycles. The lowest BCUT2D eigenvalue weighted by Gasteiger charge is -2.57. The van der Waals surface area contributed by atoms with Gasteiger partial charge in [-0.3, -0.25) is 4.79 Å². The van der Waals surface area contributed by atoms with Crippen molar-refractivity contribution in [3.05, 3.63) is 11.6 Å². The quantitative estimate of drug-likeness (QED) is 0.687. The summed E-state index contributed by atoms with van der Waals surface area (Å²) in [5.74, 6) is 2.14. The molecule has 21 heavy (non-hydrogen) atoms. The predicted molar refractivity (Wildman–Crippen MR) is 82.7 cm³/mol. The molecular formula is C19H28O2. The van der Waals surface area contributed by atoms with Crippen LogP contribution >= 0.6 is 0 Å². The summed E-state index contributed by atoms with van der Waals surface area (Å²) in [7, 11) is 0. The first-order chi connectivity index (χ1) is 9.97. The Morgan fingerprint density at radius 3 is 2.76 bits per heavy atom. The number of carbonyl (C=O) groups is 1. The Labute approximate surface area is 128 Å². The number of aliphatic hydroxyl groups is 1. The molecule has 0 amide bonds. The van der Waals surface area contributed by atoms with Gasteiger partial charge in [0.2, 0.25) is 0 Å². The standard InChI is InChI=1S/C19H28O2/c1-18-10-3-4-14(18)13-7-5-12-6-8-16(20)17(21)19(12,2)15(13)9-11-18/h6,13-16,20H,3-5,7-11H2,1-2H3/t13-,14-,15+,16?,18-,19-/m0/s1. The van der Waals surface area contributed by atoms with E-state index in [1.54, 1.807) is 0 Å². The number of aliphatic hydroxyl groups excluding tert-OH is 1. The van der Waals surface area contributed by atoms with E-state index >= 15 is 0 Å². The number of fused-ring (bicyclic) bond motifs is 5. The zero-order valence-electron chi connectivity index (χ0n) is 13.4. The molecule has 0 heterocycles. The number of Topliss-reactive ketones (excluding diaryl/α,β-unsaturated/α-hetero) is 1. The van der Waals surface area contributed by atoms with E-state index in [0.717, 1.165) is 12.3 Å². The van der Waals surface area contributed by atoms with Crippen LogP contribution in [0.3, 0.4) is 0 Å². The smallest absolute Gasteiger partial charge is 0.171 e. The van der Waals surface area contributed by atoms with Gasteiger partial charge in [0, 0.05) is 0 Å². The summed E-state index contributed by atoms with van der Waals surface area (Å²) in [4.78, 5) is 12.8. The van der Waals surface area contributed by atoms with Crippen molar-refractivity contribution in [2.45, 2.75) is 71.3 Å². The molecule has 2 heteroatoms. The van der Waals surface area contributed by atoms with Gasteiger partial charge >= 0.3 is 0 Å². The van der Waals surface area contributed by atoms with E-state index in [4.69, 9.17) is 0 Å². The highest BCUT2D eigenvalue weighted by Gasteiger charge is 2.59. The van der Waals surface area contributed by atoms with Crippen LogP contribution in [0, 0.1) is 28.6 Å². The second-order valence-corrected chi connectivity index (χ2v) is 8.55. The Morgan fingerprint density at radius 2 is 1.95 bits per heavy atom. The third kappa shape index (κ3) is 1.72. The van der Waals surface area contributed by atoms with Crippen molar-refractivity contribution < 1.29 is 9.90 Å². The first-order valence-electron chi connectivity index (χ1n) is 8.89. The summed E-state index contributed by atoms with van der Waals surface area (Å²) >= 11 is 0. The minimum Gasteiger partial charge on any atom is -0.385 e. The van der Waals surface area contributed by atoms with E-state index in [0.29, 0.717) is 23.7 Å². The summed E-state index contributed by atoms with van der Waals surface area (Å²) in [6.07, 6.45) is 10.9. The monoisotopic (exact) mass is 288 g/mol. The Balaban J connectivity index is 1.74. The molecule has 0 aliphatic heterocycles. The second-order valence-electron chi connectivity index (χ2n) is 8.55. The van der Waals surface area contributed by atoms with Gasteiger partial charge < -0.3 is 5.11 Å². The van der Waals surface area contributed by atoms with Crippen LogP contribution in [0.25, 0.3) is 0 Å². The lowest BCUT2D eigenvalue weighted by atomic mass is 9.47. The van der Waals surface area contributed by atoms with Gasteiger partial charge in [-0.1, -0.05) is 25.0 Å². The van der Waals surface area contributed by atoms with Crippen LogP contribution in [-0.4, -0.2) is 17.0 Å². The molecule has 1 unspecified atom stereocenters. The normalized spacial score (nSPS) is 52.7. The van der Waals surface area contributed by atoms with E-state index in [9.17, 15) is 9.90 Å². The third-order valence-electron chi connectivity index (χ3n) is 7.78. The Kier molecular flexibility index (Phi) is 2.96. The van der Waals surface area contributed by atoms with E-state index in [1.165, 1.54) is 44.1 Å². The highest BCUT2D eigenvalue weighted by molar-refractivity contribution is 5.93. The fourth-order valence-corrected chi connectivity index (χ4v) is 6.58. The molecule has 0 spiro atoms. The van der Waals surface area contributed by atoms with Gasteiger partial charge in [-0.25, -0.2) is 0 Å². The maximum Gasteiger partial charge on any atom is 0.171 e. The summed E-state index contributed by atoms with van der Waals surface area (Å²) in [6.45, 7) is 4.64. The Hall–Kier alpha value is -0.630. The third-order valence-corrected chi connectivity index (χ3v) is 7.78. The van der Waals surface area contributed by atoms with Crippen LogP contribution in [0.2, 0.25) is 0 Å². The van der Waals surface area contributed by atoms with Gasteiger partial charge in [0.25, 0.3) is 0 Å². The van der Waals surface area contributed by atoms with E-state index in [-0.39, 0.29) is 11.2 Å². The molecule has 3 fully saturated rings. The summed E-state index contributed by atoms with van der Waals surface area (Å²) in [5.41, 5.74) is 1.53. The van der Waals surface area contributed by atoms with Crippen molar-refractivity contribution >= 4 is 5.78 Å². The molecular weight excluding hydrogens is 260 g/mol. The second kappa shape index (κ2) is 4.44. The van der Waals surface area contributed by atoms with Crippen LogP contribution in [-0.2, 0) is 4.79 Å². The van der Waals surface area contributed by atoms with Crippen molar-refractivity contribution in [1.82, 2.24) is 0 Å². The summed E-state index contributed by atoms with van der Waals surface area (Å²) in [6, 6.07) is 0. The molecule has 0 radical (unpaired) electrons. The van der Waals surface area contributed by atoms with Crippen LogP contribution in [0.5, 0.6) is 0 Å². The average molecular weight is 288 g/mol. The van der Waals surface area contributed by atoms with Crippen LogP contribution in [0.4, 0.5) is 0 Å². The molecule has 0 aromatic carbocycles. The van der Waals surface area contributed by atoms with Crippen molar-refractivity contribution in [1.29, 1.82) is 0 Å². The van der Waals surface area contributed by atoms with Crippen molar-refractivity contribution in [3.8, 4) is 0 Å².